The van der Waals surface area contributed by atoms with E-state index in [-0.39, 0.29) is 6.04 Å². The van der Waals surface area contributed by atoms with E-state index < -0.39 is 0 Å². The average molecular weight is 293 g/mol. The molecule has 0 amide bonds. The van der Waals surface area contributed by atoms with Crippen LogP contribution in [-0.2, 0) is 0 Å². The molecular formula is C13H13BrN2O. The van der Waals surface area contributed by atoms with Gasteiger partial charge in [-0.2, -0.15) is 0 Å². The number of rotatable bonds is 3. The van der Waals surface area contributed by atoms with Crippen LogP contribution in [0.4, 0.5) is 0 Å². The molecule has 0 unspecified atom stereocenters. The van der Waals surface area contributed by atoms with Crippen LogP contribution in [0.3, 0.4) is 0 Å². The molecule has 0 spiro atoms. The number of hydrogen-bond donors (Lipinski definition) is 1. The van der Waals surface area contributed by atoms with Crippen molar-refractivity contribution in [1.82, 2.24) is 4.98 Å². The van der Waals surface area contributed by atoms with Crippen LogP contribution in [0.5, 0.6) is 11.5 Å². The normalized spacial score (nSPS) is 12.2. The summed E-state index contributed by atoms with van der Waals surface area (Å²) in [6.07, 6.45) is 1.68. The number of para-hydroxylation sites is 1. The summed E-state index contributed by atoms with van der Waals surface area (Å²) >= 11 is 3.43. The Morgan fingerprint density at radius 2 is 2.00 bits per heavy atom. The highest BCUT2D eigenvalue weighted by molar-refractivity contribution is 9.10. The highest BCUT2D eigenvalue weighted by atomic mass is 79.9. The van der Waals surface area contributed by atoms with Gasteiger partial charge in [-0.3, -0.25) is 4.98 Å². The minimum absolute atomic E-state index is 0.0625. The Kier molecular flexibility index (Phi) is 3.76. The Hall–Kier alpha value is -1.39. The lowest BCUT2D eigenvalue weighted by Gasteiger charge is -2.08. The van der Waals surface area contributed by atoms with Crippen molar-refractivity contribution in [1.29, 1.82) is 0 Å². The topological polar surface area (TPSA) is 48.1 Å². The number of hydrogen-bond acceptors (Lipinski definition) is 3. The second-order valence-electron chi connectivity index (χ2n) is 3.74. The van der Waals surface area contributed by atoms with Crippen LogP contribution < -0.4 is 10.5 Å². The van der Waals surface area contributed by atoms with E-state index in [4.69, 9.17) is 10.5 Å². The van der Waals surface area contributed by atoms with E-state index in [1.807, 2.05) is 43.3 Å². The SMILES string of the molecule is C[C@@H](N)c1ccc(Oc2ccccc2Br)cn1. The first-order valence-corrected chi connectivity index (χ1v) is 6.10. The van der Waals surface area contributed by atoms with Crippen molar-refractivity contribution < 1.29 is 4.74 Å². The molecule has 2 N–H and O–H groups in total. The largest absolute Gasteiger partial charge is 0.455 e. The number of halogens is 1. The van der Waals surface area contributed by atoms with Crippen LogP contribution in [0.2, 0.25) is 0 Å². The zero-order valence-electron chi connectivity index (χ0n) is 9.43. The van der Waals surface area contributed by atoms with Crippen LogP contribution in [0.1, 0.15) is 18.7 Å². The number of ether oxygens (including phenoxy) is 1. The Morgan fingerprint density at radius 1 is 1.24 bits per heavy atom. The van der Waals surface area contributed by atoms with Gasteiger partial charge < -0.3 is 10.5 Å². The first-order valence-electron chi connectivity index (χ1n) is 5.31. The number of benzene rings is 1. The summed E-state index contributed by atoms with van der Waals surface area (Å²) in [7, 11) is 0. The smallest absolute Gasteiger partial charge is 0.145 e. The lowest BCUT2D eigenvalue weighted by molar-refractivity contribution is 0.476. The molecule has 2 aromatic rings. The van der Waals surface area contributed by atoms with E-state index in [9.17, 15) is 0 Å². The van der Waals surface area contributed by atoms with Gasteiger partial charge in [-0.15, -0.1) is 0 Å². The van der Waals surface area contributed by atoms with Gasteiger partial charge in [-0.25, -0.2) is 0 Å². The number of pyridine rings is 1. The van der Waals surface area contributed by atoms with Crippen LogP contribution >= 0.6 is 15.9 Å². The third-order valence-corrected chi connectivity index (χ3v) is 2.95. The Bertz CT molecular complexity index is 497. The predicted molar refractivity (Wildman–Crippen MR) is 71.1 cm³/mol. The van der Waals surface area contributed by atoms with Crippen molar-refractivity contribution in [2.75, 3.05) is 0 Å². The molecule has 1 aromatic carbocycles. The van der Waals surface area contributed by atoms with Gasteiger partial charge in [0.2, 0.25) is 0 Å². The van der Waals surface area contributed by atoms with Gasteiger partial charge in [0.15, 0.2) is 0 Å². The first kappa shape index (κ1) is 12.1. The summed E-state index contributed by atoms with van der Waals surface area (Å²) in [5.41, 5.74) is 6.58. The molecule has 3 nitrogen and oxygen atoms in total. The molecule has 1 aromatic heterocycles. The third-order valence-electron chi connectivity index (χ3n) is 2.29. The second kappa shape index (κ2) is 5.29. The molecule has 0 aliphatic heterocycles. The minimum atomic E-state index is -0.0625. The fraction of sp³-hybridized carbons (Fsp3) is 0.154. The maximum absolute atomic E-state index is 5.73. The maximum Gasteiger partial charge on any atom is 0.145 e. The number of nitrogens with two attached hydrogens (primary N) is 1. The lowest BCUT2D eigenvalue weighted by Crippen LogP contribution is -2.06. The molecule has 0 aliphatic carbocycles. The van der Waals surface area contributed by atoms with E-state index in [1.165, 1.54) is 0 Å². The maximum atomic E-state index is 5.73. The highest BCUT2D eigenvalue weighted by Gasteiger charge is 2.04. The first-order chi connectivity index (χ1) is 8.16. The molecule has 2 rings (SSSR count). The molecular weight excluding hydrogens is 280 g/mol. The van der Waals surface area contributed by atoms with Gasteiger partial charge in [0.1, 0.15) is 11.5 Å². The summed E-state index contributed by atoms with van der Waals surface area (Å²) in [5.74, 6) is 1.46. The summed E-state index contributed by atoms with van der Waals surface area (Å²) in [6, 6.07) is 11.4. The third kappa shape index (κ3) is 3.05. The van der Waals surface area contributed by atoms with Crippen molar-refractivity contribution >= 4 is 15.9 Å². The zero-order valence-corrected chi connectivity index (χ0v) is 11.0. The molecule has 88 valence electrons. The Morgan fingerprint density at radius 3 is 2.59 bits per heavy atom. The van der Waals surface area contributed by atoms with Gasteiger partial charge in [-0.1, -0.05) is 12.1 Å². The van der Waals surface area contributed by atoms with Crippen LogP contribution in [0.15, 0.2) is 47.1 Å². The fourth-order valence-electron chi connectivity index (χ4n) is 1.38. The lowest BCUT2D eigenvalue weighted by atomic mass is 10.2. The molecule has 17 heavy (non-hydrogen) atoms. The molecule has 0 saturated carbocycles. The highest BCUT2D eigenvalue weighted by Crippen LogP contribution is 2.28. The predicted octanol–water partition coefficient (Wildman–Crippen LogP) is 3.66. The summed E-state index contributed by atoms with van der Waals surface area (Å²) < 4.78 is 6.61. The fourth-order valence-corrected chi connectivity index (χ4v) is 1.74. The van der Waals surface area contributed by atoms with Crippen molar-refractivity contribution in [2.45, 2.75) is 13.0 Å². The van der Waals surface area contributed by atoms with Gasteiger partial charge in [0.25, 0.3) is 0 Å². The molecule has 0 saturated heterocycles. The van der Waals surface area contributed by atoms with Crippen LogP contribution in [0.25, 0.3) is 0 Å². The summed E-state index contributed by atoms with van der Waals surface area (Å²) in [4.78, 5) is 4.24. The summed E-state index contributed by atoms with van der Waals surface area (Å²) in [6.45, 7) is 1.90. The summed E-state index contributed by atoms with van der Waals surface area (Å²) in [5, 5.41) is 0. The number of nitrogens with zero attached hydrogens (tertiary/aromatic N) is 1. The molecule has 0 bridgehead atoms. The molecule has 0 radical (unpaired) electrons. The average Bonchev–Trinajstić information content (AvgIpc) is 2.33. The van der Waals surface area contributed by atoms with Gasteiger partial charge in [-0.05, 0) is 47.1 Å². The molecule has 0 aliphatic rings. The van der Waals surface area contributed by atoms with Crippen molar-refractivity contribution in [2.24, 2.45) is 5.73 Å². The number of aromatic nitrogens is 1. The van der Waals surface area contributed by atoms with Crippen LogP contribution in [0, 0.1) is 0 Å². The molecule has 0 fully saturated rings. The van der Waals surface area contributed by atoms with Gasteiger partial charge in [0, 0.05) is 6.04 Å². The molecule has 4 heteroatoms. The zero-order chi connectivity index (χ0) is 12.3. The van der Waals surface area contributed by atoms with Gasteiger partial charge >= 0.3 is 0 Å². The molecule has 1 heterocycles. The van der Waals surface area contributed by atoms with Crippen molar-refractivity contribution in [3.05, 3.63) is 52.8 Å². The van der Waals surface area contributed by atoms with Crippen LogP contribution in [-0.4, -0.2) is 4.98 Å². The molecule has 1 atom stereocenters. The minimum Gasteiger partial charge on any atom is -0.455 e. The Balaban J connectivity index is 2.17. The van der Waals surface area contributed by atoms with E-state index in [1.54, 1.807) is 6.20 Å². The van der Waals surface area contributed by atoms with Crippen molar-refractivity contribution in [3.8, 4) is 11.5 Å². The van der Waals surface area contributed by atoms with Crippen molar-refractivity contribution in [3.63, 3.8) is 0 Å². The van der Waals surface area contributed by atoms with E-state index in [2.05, 4.69) is 20.9 Å². The van der Waals surface area contributed by atoms with E-state index in [0.29, 0.717) is 5.75 Å². The van der Waals surface area contributed by atoms with E-state index in [0.717, 1.165) is 15.9 Å². The monoisotopic (exact) mass is 292 g/mol. The quantitative estimate of drug-likeness (QED) is 0.939. The second-order valence-corrected chi connectivity index (χ2v) is 4.59. The van der Waals surface area contributed by atoms with E-state index >= 15 is 0 Å². The standard InChI is InChI=1S/C13H13BrN2O/c1-9(15)12-7-6-10(8-16-12)17-13-5-3-2-4-11(13)14/h2-9H,15H2,1H3/t9-/m1/s1. The van der Waals surface area contributed by atoms with Gasteiger partial charge in [0.05, 0.1) is 16.4 Å². The Labute approximate surface area is 109 Å².